The van der Waals surface area contributed by atoms with Gasteiger partial charge in [0.25, 0.3) is 0 Å². The maximum Gasteiger partial charge on any atom is 0.146 e. The van der Waals surface area contributed by atoms with Crippen molar-refractivity contribution in [2.24, 2.45) is 5.41 Å². The lowest BCUT2D eigenvalue weighted by molar-refractivity contribution is 0.0766. The molecule has 0 aromatic heterocycles. The van der Waals surface area contributed by atoms with Gasteiger partial charge in [-0.05, 0) is 25.0 Å². The highest BCUT2D eigenvalue weighted by Crippen LogP contribution is 2.45. The van der Waals surface area contributed by atoms with E-state index in [4.69, 9.17) is 4.74 Å². The number of phenolic OH excluding ortho intramolecular Hbond substituents is 1. The monoisotopic (exact) mass is 205 g/mol. The Bertz CT molecular complexity index is 385. The number of rotatable bonds is 0. The summed E-state index contributed by atoms with van der Waals surface area (Å²) >= 11 is 0. The third-order valence-corrected chi connectivity index (χ3v) is 3.59. The maximum atomic E-state index is 9.70. The Morgan fingerprint density at radius 2 is 2.20 bits per heavy atom. The van der Waals surface area contributed by atoms with Crippen molar-refractivity contribution in [3.8, 4) is 11.5 Å². The fourth-order valence-electron chi connectivity index (χ4n) is 2.37. The second-order valence-corrected chi connectivity index (χ2v) is 4.65. The summed E-state index contributed by atoms with van der Waals surface area (Å²) in [5.74, 6) is 1.06. The van der Waals surface area contributed by atoms with Crippen molar-refractivity contribution in [3.05, 3.63) is 18.2 Å². The number of aromatic hydroxyl groups is 1. The lowest BCUT2D eigenvalue weighted by Crippen LogP contribution is -2.40. The largest absolute Gasteiger partial charge is 0.506 e. The van der Waals surface area contributed by atoms with Crippen molar-refractivity contribution in [1.29, 1.82) is 0 Å². The van der Waals surface area contributed by atoms with Crippen LogP contribution in [0.4, 0.5) is 5.69 Å². The summed E-state index contributed by atoms with van der Waals surface area (Å²) in [6.07, 6.45) is 3.76. The molecule has 1 fully saturated rings. The van der Waals surface area contributed by atoms with Crippen molar-refractivity contribution in [3.63, 3.8) is 0 Å². The second kappa shape index (κ2) is 3.05. The van der Waals surface area contributed by atoms with Crippen molar-refractivity contribution in [2.45, 2.75) is 19.3 Å². The molecule has 2 aliphatic rings. The van der Waals surface area contributed by atoms with Gasteiger partial charge in [0.2, 0.25) is 0 Å². The first-order valence-electron chi connectivity index (χ1n) is 5.48. The molecule has 15 heavy (non-hydrogen) atoms. The van der Waals surface area contributed by atoms with Crippen molar-refractivity contribution >= 4 is 5.69 Å². The summed E-state index contributed by atoms with van der Waals surface area (Å²) in [6.45, 7) is 1.69. The topological polar surface area (TPSA) is 41.5 Å². The molecule has 3 rings (SSSR count). The Hall–Kier alpha value is -1.38. The fourth-order valence-corrected chi connectivity index (χ4v) is 2.37. The molecule has 2 N–H and O–H groups in total. The number of hydrogen-bond donors (Lipinski definition) is 2. The number of nitrogens with one attached hydrogen (secondary N) is 1. The van der Waals surface area contributed by atoms with Gasteiger partial charge in [0.15, 0.2) is 0 Å². The van der Waals surface area contributed by atoms with E-state index in [0.29, 0.717) is 5.41 Å². The Labute approximate surface area is 89.1 Å². The Morgan fingerprint density at radius 1 is 1.33 bits per heavy atom. The van der Waals surface area contributed by atoms with E-state index in [1.54, 1.807) is 6.07 Å². The van der Waals surface area contributed by atoms with E-state index in [1.165, 1.54) is 19.3 Å². The summed E-state index contributed by atoms with van der Waals surface area (Å²) in [7, 11) is 0. The molecule has 0 saturated heterocycles. The van der Waals surface area contributed by atoms with Gasteiger partial charge in [0.1, 0.15) is 17.2 Å². The van der Waals surface area contributed by atoms with Gasteiger partial charge in [0.05, 0.1) is 6.61 Å². The minimum atomic E-state index is 0.281. The zero-order valence-electron chi connectivity index (χ0n) is 8.62. The van der Waals surface area contributed by atoms with Crippen LogP contribution in [-0.4, -0.2) is 18.3 Å². The van der Waals surface area contributed by atoms with Gasteiger partial charge in [0, 0.05) is 12.0 Å². The molecule has 1 aromatic carbocycles. The van der Waals surface area contributed by atoms with Crippen LogP contribution < -0.4 is 10.1 Å². The third kappa shape index (κ3) is 1.34. The molecule has 0 radical (unpaired) electrons. The highest BCUT2D eigenvalue weighted by Gasteiger charge is 2.39. The Morgan fingerprint density at radius 3 is 2.93 bits per heavy atom. The molecule has 1 spiro atoms. The molecule has 0 bridgehead atoms. The zero-order valence-corrected chi connectivity index (χ0v) is 8.62. The predicted octanol–water partition coefficient (Wildman–Crippen LogP) is 2.37. The first kappa shape index (κ1) is 8.89. The Kier molecular flexibility index (Phi) is 1.81. The molecule has 1 aromatic rings. The lowest BCUT2D eigenvalue weighted by Gasteiger charge is -2.40. The second-order valence-electron chi connectivity index (χ2n) is 4.65. The normalized spacial score (nSPS) is 21.9. The minimum Gasteiger partial charge on any atom is -0.506 e. The van der Waals surface area contributed by atoms with Gasteiger partial charge in [-0.2, -0.15) is 0 Å². The first-order chi connectivity index (χ1) is 7.29. The molecule has 80 valence electrons. The number of hydrogen-bond acceptors (Lipinski definition) is 3. The molecule has 0 unspecified atom stereocenters. The number of ether oxygens (including phenoxy) is 1. The van der Waals surface area contributed by atoms with Crippen LogP contribution in [0.1, 0.15) is 19.3 Å². The van der Waals surface area contributed by atoms with Gasteiger partial charge in [-0.3, -0.25) is 0 Å². The lowest BCUT2D eigenvalue weighted by atomic mass is 9.69. The van der Waals surface area contributed by atoms with Crippen LogP contribution in [0, 0.1) is 5.41 Å². The van der Waals surface area contributed by atoms with Gasteiger partial charge in [-0.15, -0.1) is 0 Å². The quantitative estimate of drug-likeness (QED) is 0.639. The Balaban J connectivity index is 1.91. The molecule has 3 nitrogen and oxygen atoms in total. The molecular weight excluding hydrogens is 190 g/mol. The summed E-state index contributed by atoms with van der Waals surface area (Å²) in [4.78, 5) is 0. The summed E-state index contributed by atoms with van der Waals surface area (Å²) in [5.41, 5.74) is 1.06. The molecule has 3 heteroatoms. The van der Waals surface area contributed by atoms with Crippen LogP contribution in [0.15, 0.2) is 18.2 Å². The smallest absolute Gasteiger partial charge is 0.146 e. The van der Waals surface area contributed by atoms with Crippen LogP contribution in [0.5, 0.6) is 11.5 Å². The van der Waals surface area contributed by atoms with E-state index in [-0.39, 0.29) is 5.75 Å². The maximum absolute atomic E-state index is 9.70. The summed E-state index contributed by atoms with van der Waals surface area (Å²) < 4.78 is 5.76. The van der Waals surface area contributed by atoms with Crippen LogP contribution in [0.3, 0.4) is 0 Å². The fraction of sp³-hybridized carbons (Fsp3) is 0.500. The zero-order chi connectivity index (χ0) is 10.3. The van der Waals surface area contributed by atoms with E-state index in [9.17, 15) is 5.11 Å². The van der Waals surface area contributed by atoms with Crippen LogP contribution in [0.2, 0.25) is 0 Å². The number of para-hydroxylation sites is 1. The minimum absolute atomic E-state index is 0.281. The van der Waals surface area contributed by atoms with Crippen molar-refractivity contribution < 1.29 is 9.84 Å². The van der Waals surface area contributed by atoms with Crippen LogP contribution in [0.25, 0.3) is 0 Å². The van der Waals surface area contributed by atoms with Crippen molar-refractivity contribution in [2.75, 3.05) is 18.5 Å². The van der Waals surface area contributed by atoms with Crippen LogP contribution in [-0.2, 0) is 0 Å². The number of benzene rings is 1. The standard InChI is InChI=1S/C12H15NO2/c14-9-3-1-4-10-11(9)13-7-12(8-15-10)5-2-6-12/h1,3-4,13-14H,2,5-8H2. The highest BCUT2D eigenvalue weighted by atomic mass is 16.5. The van der Waals surface area contributed by atoms with Gasteiger partial charge in [-0.1, -0.05) is 12.5 Å². The average molecular weight is 205 g/mol. The van der Waals surface area contributed by atoms with E-state index < -0.39 is 0 Å². The van der Waals surface area contributed by atoms with Gasteiger partial charge < -0.3 is 15.2 Å². The van der Waals surface area contributed by atoms with E-state index in [0.717, 1.165) is 24.6 Å². The van der Waals surface area contributed by atoms with Gasteiger partial charge >= 0.3 is 0 Å². The van der Waals surface area contributed by atoms with Gasteiger partial charge in [-0.25, -0.2) is 0 Å². The molecular formula is C12H15NO2. The number of anilines is 1. The third-order valence-electron chi connectivity index (χ3n) is 3.59. The molecule has 0 amide bonds. The first-order valence-corrected chi connectivity index (χ1v) is 5.48. The molecule has 1 aliphatic carbocycles. The van der Waals surface area contributed by atoms with Crippen LogP contribution >= 0.6 is 0 Å². The predicted molar refractivity (Wildman–Crippen MR) is 58.4 cm³/mol. The average Bonchev–Trinajstić information content (AvgIpc) is 2.37. The molecule has 1 aliphatic heterocycles. The number of phenols is 1. The van der Waals surface area contributed by atoms with E-state index >= 15 is 0 Å². The van der Waals surface area contributed by atoms with Crippen molar-refractivity contribution in [1.82, 2.24) is 0 Å². The SMILES string of the molecule is Oc1cccc2c1NCC1(CCC1)CO2. The van der Waals surface area contributed by atoms with E-state index in [1.807, 2.05) is 12.1 Å². The summed E-state index contributed by atoms with van der Waals surface area (Å²) in [6, 6.07) is 5.41. The number of fused-ring (bicyclic) bond motifs is 1. The highest BCUT2D eigenvalue weighted by molar-refractivity contribution is 5.66. The molecule has 0 atom stereocenters. The van der Waals surface area contributed by atoms with E-state index in [2.05, 4.69) is 5.32 Å². The summed E-state index contributed by atoms with van der Waals surface area (Å²) in [5, 5.41) is 13.0. The molecule has 1 saturated carbocycles. The molecule has 1 heterocycles.